The summed E-state index contributed by atoms with van der Waals surface area (Å²) in [6.45, 7) is 4.33. The van der Waals surface area contributed by atoms with Crippen molar-refractivity contribution in [2.45, 2.75) is 18.7 Å². The summed E-state index contributed by atoms with van der Waals surface area (Å²) >= 11 is 0. The summed E-state index contributed by atoms with van der Waals surface area (Å²) in [5.74, 6) is -0.468. The van der Waals surface area contributed by atoms with Gasteiger partial charge in [0.2, 0.25) is 15.9 Å². The van der Waals surface area contributed by atoms with E-state index in [2.05, 4.69) is 4.99 Å². The Balaban J connectivity index is 1.95. The zero-order valence-electron chi connectivity index (χ0n) is 15.1. The molecular formula is C20H20N2O4S. The van der Waals surface area contributed by atoms with Crippen molar-refractivity contribution in [1.29, 1.82) is 0 Å². The molecule has 1 aliphatic rings. The van der Waals surface area contributed by atoms with Crippen molar-refractivity contribution in [3.8, 4) is 0 Å². The minimum absolute atomic E-state index is 0.0961. The van der Waals surface area contributed by atoms with Gasteiger partial charge in [0.05, 0.1) is 4.90 Å². The van der Waals surface area contributed by atoms with Crippen LogP contribution in [0.1, 0.15) is 25.0 Å². The van der Waals surface area contributed by atoms with Crippen molar-refractivity contribution in [3.05, 3.63) is 71.4 Å². The molecule has 0 saturated heterocycles. The predicted molar refractivity (Wildman–Crippen MR) is 104 cm³/mol. The molecule has 0 N–H and O–H groups in total. The van der Waals surface area contributed by atoms with E-state index in [1.807, 2.05) is 30.3 Å². The second kappa shape index (κ2) is 7.85. The lowest BCUT2D eigenvalue weighted by Gasteiger charge is -2.18. The first-order valence-corrected chi connectivity index (χ1v) is 10.1. The molecule has 1 heterocycles. The molecule has 1 aliphatic heterocycles. The van der Waals surface area contributed by atoms with E-state index in [9.17, 15) is 13.2 Å². The fourth-order valence-corrected chi connectivity index (χ4v) is 4.25. The van der Waals surface area contributed by atoms with Gasteiger partial charge in [-0.25, -0.2) is 18.2 Å². The number of rotatable bonds is 6. The highest BCUT2D eigenvalue weighted by atomic mass is 32.2. The number of aliphatic imine (C=N–C) groups is 1. The number of esters is 1. The summed E-state index contributed by atoms with van der Waals surface area (Å²) in [6.07, 6.45) is 1.63. The molecule has 27 heavy (non-hydrogen) atoms. The molecular weight excluding hydrogens is 364 g/mol. The van der Waals surface area contributed by atoms with Gasteiger partial charge in [0.1, 0.15) is 0 Å². The summed E-state index contributed by atoms with van der Waals surface area (Å²) in [7, 11) is -3.61. The van der Waals surface area contributed by atoms with Crippen molar-refractivity contribution in [2.24, 2.45) is 4.99 Å². The molecule has 0 saturated carbocycles. The van der Waals surface area contributed by atoms with Gasteiger partial charge < -0.3 is 4.74 Å². The summed E-state index contributed by atoms with van der Waals surface area (Å²) in [4.78, 5) is 16.5. The number of hydrogen-bond donors (Lipinski definition) is 0. The number of carbonyl (C=O) groups is 1. The highest BCUT2D eigenvalue weighted by molar-refractivity contribution is 7.89. The predicted octanol–water partition coefficient (Wildman–Crippen LogP) is 3.06. The Kier molecular flexibility index (Phi) is 5.53. The summed E-state index contributed by atoms with van der Waals surface area (Å²) in [6, 6.07) is 15.6. The fourth-order valence-electron chi connectivity index (χ4n) is 2.74. The van der Waals surface area contributed by atoms with Gasteiger partial charge in [-0.05, 0) is 29.8 Å². The zero-order chi connectivity index (χ0) is 19.4. The molecule has 0 spiro atoms. The van der Waals surface area contributed by atoms with Gasteiger partial charge in [-0.3, -0.25) is 0 Å². The molecule has 0 fully saturated rings. The average Bonchev–Trinajstić information content (AvgIpc) is 3.04. The standard InChI is InChI=1S/C20H20N2O4S/c1-3-22(4-2)27(24,25)17-12-8-11-16(14-17)19-21-18(20(23)26-19)13-15-9-6-5-7-10-15/h5-14H,3-4H2,1-2H3. The van der Waals surface area contributed by atoms with Crippen LogP contribution in [0.2, 0.25) is 0 Å². The Morgan fingerprint density at radius 2 is 1.74 bits per heavy atom. The van der Waals surface area contributed by atoms with Crippen LogP contribution in [-0.4, -0.2) is 37.7 Å². The van der Waals surface area contributed by atoms with E-state index in [0.717, 1.165) is 5.56 Å². The van der Waals surface area contributed by atoms with Crippen LogP contribution in [0.5, 0.6) is 0 Å². The van der Waals surface area contributed by atoms with E-state index in [1.165, 1.54) is 16.4 Å². The van der Waals surface area contributed by atoms with Gasteiger partial charge in [-0.15, -0.1) is 0 Å². The molecule has 3 rings (SSSR count). The smallest absolute Gasteiger partial charge is 0.363 e. The van der Waals surface area contributed by atoms with E-state index < -0.39 is 16.0 Å². The molecule has 7 heteroatoms. The van der Waals surface area contributed by atoms with Crippen molar-refractivity contribution >= 4 is 28.0 Å². The lowest BCUT2D eigenvalue weighted by Crippen LogP contribution is -2.30. The Morgan fingerprint density at radius 1 is 1.04 bits per heavy atom. The number of cyclic esters (lactones) is 1. The summed E-state index contributed by atoms with van der Waals surface area (Å²) in [5, 5.41) is 0. The maximum absolute atomic E-state index is 12.7. The minimum atomic E-state index is -3.61. The fraction of sp³-hybridized carbons (Fsp3) is 0.200. The van der Waals surface area contributed by atoms with E-state index >= 15 is 0 Å². The summed E-state index contributed by atoms with van der Waals surface area (Å²) < 4.78 is 32.0. The van der Waals surface area contributed by atoms with Gasteiger partial charge in [-0.2, -0.15) is 4.31 Å². The number of benzene rings is 2. The quantitative estimate of drug-likeness (QED) is 0.567. The minimum Gasteiger partial charge on any atom is -0.402 e. The molecule has 140 valence electrons. The summed E-state index contributed by atoms with van der Waals surface area (Å²) in [5.41, 5.74) is 1.44. The number of nitrogens with zero attached hydrogens (tertiary/aromatic N) is 2. The number of hydrogen-bond acceptors (Lipinski definition) is 5. The van der Waals surface area contributed by atoms with Crippen LogP contribution < -0.4 is 0 Å². The van der Waals surface area contributed by atoms with Crippen molar-refractivity contribution < 1.29 is 17.9 Å². The van der Waals surface area contributed by atoms with Crippen molar-refractivity contribution in [3.63, 3.8) is 0 Å². The van der Waals surface area contributed by atoms with Crippen molar-refractivity contribution in [1.82, 2.24) is 4.31 Å². The van der Waals surface area contributed by atoms with Gasteiger partial charge in [0.15, 0.2) is 5.70 Å². The highest BCUT2D eigenvalue weighted by Crippen LogP contribution is 2.22. The van der Waals surface area contributed by atoms with E-state index in [4.69, 9.17) is 4.74 Å². The maximum atomic E-state index is 12.7. The van der Waals surface area contributed by atoms with Crippen LogP contribution in [0.4, 0.5) is 0 Å². The average molecular weight is 384 g/mol. The molecule has 6 nitrogen and oxygen atoms in total. The van der Waals surface area contributed by atoms with E-state index in [1.54, 1.807) is 32.1 Å². The third-order valence-electron chi connectivity index (χ3n) is 4.15. The number of carbonyl (C=O) groups excluding carboxylic acids is 1. The molecule has 0 atom stereocenters. The second-order valence-corrected chi connectivity index (χ2v) is 7.80. The molecule has 0 unspecified atom stereocenters. The molecule has 2 aromatic carbocycles. The van der Waals surface area contributed by atoms with E-state index in [0.29, 0.717) is 18.7 Å². The zero-order valence-corrected chi connectivity index (χ0v) is 15.9. The normalized spacial score (nSPS) is 15.9. The maximum Gasteiger partial charge on any atom is 0.363 e. The molecule has 0 bridgehead atoms. The van der Waals surface area contributed by atoms with Gasteiger partial charge in [0.25, 0.3) is 0 Å². The first kappa shape index (κ1) is 19.0. The van der Waals surface area contributed by atoms with Crippen LogP contribution in [0, 0.1) is 0 Å². The highest BCUT2D eigenvalue weighted by Gasteiger charge is 2.26. The molecule has 0 amide bonds. The van der Waals surface area contributed by atoms with Gasteiger partial charge in [-0.1, -0.05) is 50.2 Å². The molecule has 0 aliphatic carbocycles. The van der Waals surface area contributed by atoms with Gasteiger partial charge in [0, 0.05) is 18.7 Å². The van der Waals surface area contributed by atoms with Crippen LogP contribution in [0.3, 0.4) is 0 Å². The SMILES string of the molecule is CCN(CC)S(=O)(=O)c1cccc(C2=NC(=Cc3ccccc3)C(=O)O2)c1. The third kappa shape index (κ3) is 3.99. The van der Waals surface area contributed by atoms with Crippen molar-refractivity contribution in [2.75, 3.05) is 13.1 Å². The largest absolute Gasteiger partial charge is 0.402 e. The Labute approximate surface area is 158 Å². The van der Waals surface area contributed by atoms with E-state index in [-0.39, 0.29) is 16.5 Å². The monoisotopic (exact) mass is 384 g/mol. The Bertz CT molecular complexity index is 1010. The van der Waals surface area contributed by atoms with Crippen LogP contribution in [0.25, 0.3) is 6.08 Å². The van der Waals surface area contributed by atoms with Crippen LogP contribution >= 0.6 is 0 Å². The van der Waals surface area contributed by atoms with Crippen LogP contribution in [-0.2, 0) is 19.6 Å². The molecule has 2 aromatic rings. The molecule has 0 radical (unpaired) electrons. The van der Waals surface area contributed by atoms with Gasteiger partial charge >= 0.3 is 5.97 Å². The first-order chi connectivity index (χ1) is 13.0. The number of sulfonamides is 1. The first-order valence-electron chi connectivity index (χ1n) is 8.64. The lowest BCUT2D eigenvalue weighted by molar-refractivity contribution is -0.129. The third-order valence-corrected chi connectivity index (χ3v) is 6.19. The Hall–Kier alpha value is -2.77. The Morgan fingerprint density at radius 3 is 2.41 bits per heavy atom. The number of ether oxygens (including phenoxy) is 1. The lowest BCUT2D eigenvalue weighted by atomic mass is 10.2. The van der Waals surface area contributed by atoms with Crippen LogP contribution in [0.15, 0.2) is 70.2 Å². The topological polar surface area (TPSA) is 76.0 Å². The molecule has 0 aromatic heterocycles. The second-order valence-electron chi connectivity index (χ2n) is 5.86.